The molecule has 0 spiro atoms. The van der Waals surface area contributed by atoms with Gasteiger partial charge in [0, 0.05) is 23.8 Å². The number of anilines is 2. The van der Waals surface area contributed by atoms with E-state index >= 15 is 0 Å². The lowest BCUT2D eigenvalue weighted by molar-refractivity contribution is 0.459. The summed E-state index contributed by atoms with van der Waals surface area (Å²) >= 11 is 11.9. The van der Waals surface area contributed by atoms with Gasteiger partial charge in [-0.05, 0) is 60.7 Å². The lowest BCUT2D eigenvalue weighted by atomic mass is 10.0. The number of nitrogens with zero attached hydrogens (tertiary/aromatic N) is 1. The molecule has 0 saturated carbocycles. The van der Waals surface area contributed by atoms with Crippen LogP contribution in [-0.2, 0) is 23.1 Å². The summed E-state index contributed by atoms with van der Waals surface area (Å²) in [6.45, 7) is 7.31. The number of sulfonamides is 1. The molecule has 4 rings (SSSR count). The average Bonchev–Trinajstić information content (AvgIpc) is 3.11. The maximum absolute atomic E-state index is 13.1. The predicted octanol–water partition coefficient (Wildman–Crippen LogP) is 5.95. The molecule has 2 N–H and O–H groups in total. The molecule has 1 heterocycles. The molecule has 0 unspecified atom stereocenters. The summed E-state index contributed by atoms with van der Waals surface area (Å²) in [7, 11) is -4.13. The molecule has 0 aromatic heterocycles. The van der Waals surface area contributed by atoms with Crippen molar-refractivity contribution in [3.63, 3.8) is 0 Å². The summed E-state index contributed by atoms with van der Waals surface area (Å²) < 4.78 is 28.9. The van der Waals surface area contributed by atoms with E-state index in [0.29, 0.717) is 5.69 Å². The number of benzene rings is 3. The second-order valence-corrected chi connectivity index (χ2v) is 10.3. The molecule has 1 aliphatic rings. The Kier molecular flexibility index (Phi) is 5.58. The van der Waals surface area contributed by atoms with Crippen LogP contribution in [0.3, 0.4) is 0 Å². The fourth-order valence-corrected chi connectivity index (χ4v) is 6.20. The van der Waals surface area contributed by atoms with Gasteiger partial charge in [-0.25, -0.2) is 8.42 Å². The van der Waals surface area contributed by atoms with Gasteiger partial charge in [0.1, 0.15) is 4.90 Å². The van der Waals surface area contributed by atoms with Crippen LogP contribution in [0.25, 0.3) is 0 Å². The number of rotatable bonds is 4. The number of fused-ring (bicyclic) bond motifs is 1. The second-order valence-electron chi connectivity index (χ2n) is 7.82. The van der Waals surface area contributed by atoms with Crippen LogP contribution in [0.15, 0.2) is 47.4 Å². The Labute approximate surface area is 192 Å². The third-order valence-electron chi connectivity index (χ3n) is 5.61. The highest BCUT2D eigenvalue weighted by molar-refractivity contribution is 7.92. The number of hydrogen-bond donors (Lipinski definition) is 2. The average molecular weight is 477 g/mol. The Balaban J connectivity index is 1.76. The largest absolute Gasteiger partial charge is 0.505 e. The van der Waals surface area contributed by atoms with Crippen LogP contribution in [0, 0.1) is 20.8 Å². The molecule has 162 valence electrons. The van der Waals surface area contributed by atoms with Crippen LogP contribution >= 0.6 is 23.2 Å². The summed E-state index contributed by atoms with van der Waals surface area (Å²) in [6.07, 6.45) is 0. The van der Waals surface area contributed by atoms with Gasteiger partial charge in [-0.2, -0.15) is 0 Å². The highest BCUT2D eigenvalue weighted by atomic mass is 35.5. The van der Waals surface area contributed by atoms with E-state index < -0.39 is 15.8 Å². The zero-order chi connectivity index (χ0) is 22.5. The fourth-order valence-electron chi connectivity index (χ4n) is 4.25. The molecule has 1 aliphatic heterocycles. The zero-order valence-electron chi connectivity index (χ0n) is 17.3. The van der Waals surface area contributed by atoms with Crippen LogP contribution in [0.5, 0.6) is 5.75 Å². The molecule has 0 fully saturated rings. The third-order valence-corrected chi connectivity index (χ3v) is 7.48. The summed E-state index contributed by atoms with van der Waals surface area (Å²) in [5.41, 5.74) is 6.68. The number of aromatic hydroxyl groups is 1. The lowest BCUT2D eigenvalue weighted by Gasteiger charge is -2.26. The normalized spacial score (nSPS) is 13.4. The highest BCUT2D eigenvalue weighted by Gasteiger charge is 2.27. The summed E-state index contributed by atoms with van der Waals surface area (Å²) in [6, 6.07) is 12.7. The van der Waals surface area contributed by atoms with E-state index in [9.17, 15) is 13.5 Å². The van der Waals surface area contributed by atoms with E-state index in [2.05, 4.69) is 21.8 Å². The Hall–Kier alpha value is -2.41. The Morgan fingerprint density at radius 2 is 1.58 bits per heavy atom. The first-order chi connectivity index (χ1) is 14.6. The van der Waals surface area contributed by atoms with Crippen molar-refractivity contribution in [1.29, 1.82) is 0 Å². The van der Waals surface area contributed by atoms with E-state index in [0.717, 1.165) is 35.5 Å². The van der Waals surface area contributed by atoms with Crippen molar-refractivity contribution in [2.75, 3.05) is 9.62 Å². The molecule has 31 heavy (non-hydrogen) atoms. The van der Waals surface area contributed by atoms with E-state index in [4.69, 9.17) is 23.2 Å². The second kappa shape index (κ2) is 7.93. The summed E-state index contributed by atoms with van der Waals surface area (Å²) in [5.74, 6) is -0.531. The van der Waals surface area contributed by atoms with Crippen LogP contribution in [-0.4, -0.2) is 13.5 Å². The van der Waals surface area contributed by atoms with E-state index in [1.165, 1.54) is 23.3 Å². The van der Waals surface area contributed by atoms with Gasteiger partial charge in [0.15, 0.2) is 5.75 Å². The van der Waals surface area contributed by atoms with Crippen molar-refractivity contribution in [3.8, 4) is 5.75 Å². The van der Waals surface area contributed by atoms with Crippen LogP contribution in [0.2, 0.25) is 10.0 Å². The maximum atomic E-state index is 13.1. The van der Waals surface area contributed by atoms with Gasteiger partial charge in [-0.1, -0.05) is 53.5 Å². The van der Waals surface area contributed by atoms with Crippen molar-refractivity contribution in [2.24, 2.45) is 0 Å². The quantitative estimate of drug-likeness (QED) is 0.488. The van der Waals surface area contributed by atoms with E-state index in [1.54, 1.807) is 0 Å². The van der Waals surface area contributed by atoms with Gasteiger partial charge in [0.25, 0.3) is 10.0 Å². The van der Waals surface area contributed by atoms with Gasteiger partial charge in [-0.3, -0.25) is 4.72 Å². The molecule has 0 saturated heterocycles. The van der Waals surface area contributed by atoms with Crippen molar-refractivity contribution < 1.29 is 13.5 Å². The molecule has 3 aromatic carbocycles. The number of hydrogen-bond acceptors (Lipinski definition) is 4. The molecule has 3 aromatic rings. The molecule has 0 radical (unpaired) electrons. The van der Waals surface area contributed by atoms with Gasteiger partial charge in [0.05, 0.1) is 10.7 Å². The smallest absolute Gasteiger partial charge is 0.265 e. The SMILES string of the molecule is Cc1cc(C)c(N2Cc3ccccc3C2)c(C)c1NS(=O)(=O)c1cc(Cl)cc(Cl)c1O. The van der Waals surface area contributed by atoms with Gasteiger partial charge < -0.3 is 10.0 Å². The first-order valence-corrected chi connectivity index (χ1v) is 12.0. The molecule has 0 aliphatic carbocycles. The minimum absolute atomic E-state index is 0.121. The fraction of sp³-hybridized carbons (Fsp3) is 0.217. The lowest BCUT2D eigenvalue weighted by Crippen LogP contribution is -2.20. The minimum Gasteiger partial charge on any atom is -0.505 e. The molecular formula is C23H22Cl2N2O3S. The van der Waals surface area contributed by atoms with Gasteiger partial charge >= 0.3 is 0 Å². The number of phenolic OH excluding ortho intramolecular Hbond substituents is 1. The van der Waals surface area contributed by atoms with E-state index in [-0.39, 0.29) is 14.9 Å². The number of phenols is 1. The maximum Gasteiger partial charge on any atom is 0.265 e. The van der Waals surface area contributed by atoms with Gasteiger partial charge in [-0.15, -0.1) is 0 Å². The first kappa shape index (κ1) is 21.8. The molecule has 8 heteroatoms. The predicted molar refractivity (Wildman–Crippen MR) is 126 cm³/mol. The highest BCUT2D eigenvalue weighted by Crippen LogP contribution is 2.40. The van der Waals surface area contributed by atoms with E-state index in [1.807, 2.05) is 39.0 Å². The first-order valence-electron chi connectivity index (χ1n) is 9.72. The van der Waals surface area contributed by atoms with Crippen molar-refractivity contribution >= 4 is 44.6 Å². The number of nitrogens with one attached hydrogen (secondary N) is 1. The third kappa shape index (κ3) is 3.95. The minimum atomic E-state index is -4.13. The molecule has 0 atom stereocenters. The molecule has 0 bridgehead atoms. The number of aryl methyl sites for hydroxylation is 2. The van der Waals surface area contributed by atoms with Crippen LogP contribution < -0.4 is 9.62 Å². The standard InChI is InChI=1S/C23H22Cl2N2O3S/c1-13-8-14(2)22(27-11-16-6-4-5-7-17(16)12-27)15(3)21(13)26-31(29,30)20-10-18(24)9-19(25)23(20)28/h4-10,26,28H,11-12H2,1-3H3. The topological polar surface area (TPSA) is 69.6 Å². The Morgan fingerprint density at radius 3 is 2.19 bits per heavy atom. The molecular weight excluding hydrogens is 455 g/mol. The van der Waals surface area contributed by atoms with Crippen molar-refractivity contribution in [3.05, 3.63) is 80.3 Å². The zero-order valence-corrected chi connectivity index (χ0v) is 19.7. The summed E-state index contributed by atoms with van der Waals surface area (Å²) in [4.78, 5) is 1.89. The van der Waals surface area contributed by atoms with Gasteiger partial charge in [0.2, 0.25) is 0 Å². The van der Waals surface area contributed by atoms with Crippen LogP contribution in [0.4, 0.5) is 11.4 Å². The number of halogens is 2. The molecule has 5 nitrogen and oxygen atoms in total. The summed E-state index contributed by atoms with van der Waals surface area (Å²) in [5, 5.41) is 10.2. The monoisotopic (exact) mass is 476 g/mol. The molecule has 0 amide bonds. The Morgan fingerprint density at radius 1 is 0.968 bits per heavy atom. The van der Waals surface area contributed by atoms with Crippen molar-refractivity contribution in [2.45, 2.75) is 38.8 Å². The van der Waals surface area contributed by atoms with Crippen LogP contribution in [0.1, 0.15) is 27.8 Å². The van der Waals surface area contributed by atoms with Crippen molar-refractivity contribution in [1.82, 2.24) is 0 Å². The Bertz CT molecular complexity index is 1280.